The van der Waals surface area contributed by atoms with Crippen LogP contribution in [0.5, 0.6) is 0 Å². The Balaban J connectivity index is 1.76. The van der Waals surface area contributed by atoms with Crippen molar-refractivity contribution in [1.29, 1.82) is 0 Å². The van der Waals surface area contributed by atoms with E-state index >= 15 is 0 Å². The number of fused-ring (bicyclic) bond motifs is 1. The smallest absolute Gasteiger partial charge is 0.255 e. The van der Waals surface area contributed by atoms with Crippen molar-refractivity contribution in [2.75, 3.05) is 26.2 Å². The fourth-order valence-corrected chi connectivity index (χ4v) is 3.57. The van der Waals surface area contributed by atoms with Gasteiger partial charge in [-0.3, -0.25) is 4.79 Å². The second kappa shape index (κ2) is 5.21. The number of likely N-dealkylation sites (tertiary alicyclic amines) is 1. The van der Waals surface area contributed by atoms with Gasteiger partial charge in [0.2, 0.25) is 0 Å². The molecule has 2 aliphatic heterocycles. The van der Waals surface area contributed by atoms with Crippen LogP contribution in [0.2, 0.25) is 0 Å². The second-order valence-electron chi connectivity index (χ2n) is 5.34. The molecule has 2 unspecified atom stereocenters. The van der Waals surface area contributed by atoms with E-state index in [1.54, 1.807) is 6.07 Å². The SMILES string of the molecule is O=C(c1ccc(F)cc1Br)N1CCC2CNCC2C1. The summed E-state index contributed by atoms with van der Waals surface area (Å²) in [7, 11) is 0. The van der Waals surface area contributed by atoms with Gasteiger partial charge >= 0.3 is 0 Å². The standard InChI is InChI=1S/C14H16BrFN2O/c15-13-5-11(16)1-2-12(13)14(19)18-4-3-9-6-17-7-10(9)8-18/h1-2,5,9-10,17H,3-4,6-8H2. The van der Waals surface area contributed by atoms with Gasteiger partial charge < -0.3 is 10.2 Å². The molecule has 0 saturated carbocycles. The van der Waals surface area contributed by atoms with E-state index in [1.807, 2.05) is 4.90 Å². The number of rotatable bonds is 1. The largest absolute Gasteiger partial charge is 0.338 e. The Morgan fingerprint density at radius 2 is 2.16 bits per heavy atom. The fourth-order valence-electron chi connectivity index (χ4n) is 3.05. The van der Waals surface area contributed by atoms with Gasteiger partial charge in [-0.2, -0.15) is 0 Å². The highest BCUT2D eigenvalue weighted by atomic mass is 79.9. The first-order chi connectivity index (χ1) is 9.15. The number of piperidine rings is 1. The molecule has 0 bridgehead atoms. The van der Waals surface area contributed by atoms with Crippen molar-refractivity contribution in [3.8, 4) is 0 Å². The van der Waals surface area contributed by atoms with Crippen molar-refractivity contribution in [1.82, 2.24) is 10.2 Å². The van der Waals surface area contributed by atoms with Crippen LogP contribution in [0.3, 0.4) is 0 Å². The molecule has 1 N–H and O–H groups in total. The first-order valence-corrected chi connectivity index (χ1v) is 7.39. The maximum atomic E-state index is 13.1. The summed E-state index contributed by atoms with van der Waals surface area (Å²) in [5.74, 6) is 0.942. The van der Waals surface area contributed by atoms with E-state index in [0.717, 1.165) is 32.6 Å². The lowest BCUT2D eigenvalue weighted by Crippen LogP contribution is -2.43. The van der Waals surface area contributed by atoms with Gasteiger partial charge in [0, 0.05) is 17.6 Å². The molecule has 3 nitrogen and oxygen atoms in total. The zero-order valence-corrected chi connectivity index (χ0v) is 12.1. The number of hydrogen-bond donors (Lipinski definition) is 1. The summed E-state index contributed by atoms with van der Waals surface area (Å²) in [5, 5.41) is 3.39. The average molecular weight is 327 g/mol. The molecular formula is C14H16BrFN2O. The molecule has 19 heavy (non-hydrogen) atoms. The Bertz CT molecular complexity index is 508. The molecule has 2 aliphatic rings. The number of amides is 1. The van der Waals surface area contributed by atoms with Crippen molar-refractivity contribution in [2.24, 2.45) is 11.8 Å². The second-order valence-corrected chi connectivity index (χ2v) is 6.20. The van der Waals surface area contributed by atoms with Crippen LogP contribution in [0.15, 0.2) is 22.7 Å². The molecule has 0 radical (unpaired) electrons. The number of carbonyl (C=O) groups is 1. The van der Waals surface area contributed by atoms with Crippen molar-refractivity contribution < 1.29 is 9.18 Å². The summed E-state index contributed by atoms with van der Waals surface area (Å²) in [6.07, 6.45) is 1.06. The number of hydrogen-bond acceptors (Lipinski definition) is 2. The van der Waals surface area contributed by atoms with Crippen LogP contribution in [0.25, 0.3) is 0 Å². The minimum Gasteiger partial charge on any atom is -0.338 e. The summed E-state index contributed by atoms with van der Waals surface area (Å²) >= 11 is 3.27. The van der Waals surface area contributed by atoms with Gasteiger partial charge in [-0.15, -0.1) is 0 Å². The minimum absolute atomic E-state index is 0.00257. The van der Waals surface area contributed by atoms with Gasteiger partial charge in [-0.1, -0.05) is 0 Å². The molecule has 1 aromatic rings. The molecule has 0 aromatic heterocycles. The molecule has 5 heteroatoms. The van der Waals surface area contributed by atoms with Gasteiger partial charge in [0.05, 0.1) is 5.56 Å². The van der Waals surface area contributed by atoms with E-state index < -0.39 is 0 Å². The predicted octanol–water partition coefficient (Wildman–Crippen LogP) is 2.27. The third kappa shape index (κ3) is 2.54. The lowest BCUT2D eigenvalue weighted by Gasteiger charge is -2.34. The Kier molecular flexibility index (Phi) is 3.58. The molecule has 2 saturated heterocycles. The van der Waals surface area contributed by atoms with Gasteiger partial charge in [0.1, 0.15) is 5.82 Å². The highest BCUT2D eigenvalue weighted by Gasteiger charge is 2.34. The Morgan fingerprint density at radius 1 is 1.37 bits per heavy atom. The Hall–Kier alpha value is -0.940. The van der Waals surface area contributed by atoms with Gasteiger partial charge in [-0.25, -0.2) is 4.39 Å². The number of halogens is 2. The van der Waals surface area contributed by atoms with E-state index in [2.05, 4.69) is 21.2 Å². The van der Waals surface area contributed by atoms with E-state index in [0.29, 0.717) is 21.9 Å². The fraction of sp³-hybridized carbons (Fsp3) is 0.500. The zero-order valence-electron chi connectivity index (χ0n) is 10.5. The van der Waals surface area contributed by atoms with Crippen LogP contribution in [-0.4, -0.2) is 37.0 Å². The molecule has 2 heterocycles. The lowest BCUT2D eigenvalue weighted by atomic mass is 9.88. The normalized spacial score (nSPS) is 26.3. The van der Waals surface area contributed by atoms with Crippen molar-refractivity contribution in [3.05, 3.63) is 34.1 Å². The molecule has 0 spiro atoms. The van der Waals surface area contributed by atoms with E-state index in [9.17, 15) is 9.18 Å². The topological polar surface area (TPSA) is 32.3 Å². The minimum atomic E-state index is -0.331. The number of carbonyl (C=O) groups excluding carboxylic acids is 1. The predicted molar refractivity (Wildman–Crippen MR) is 74.5 cm³/mol. The third-order valence-corrected chi connectivity index (χ3v) is 4.81. The molecule has 2 fully saturated rings. The highest BCUT2D eigenvalue weighted by molar-refractivity contribution is 9.10. The summed E-state index contributed by atoms with van der Waals surface area (Å²) in [4.78, 5) is 14.4. The first-order valence-electron chi connectivity index (χ1n) is 6.60. The monoisotopic (exact) mass is 326 g/mol. The summed E-state index contributed by atoms with van der Waals surface area (Å²) in [6.45, 7) is 3.68. The Labute approximate surface area is 120 Å². The Morgan fingerprint density at radius 3 is 2.95 bits per heavy atom. The molecular weight excluding hydrogens is 311 g/mol. The maximum absolute atomic E-state index is 13.1. The first kappa shape index (κ1) is 13.1. The van der Waals surface area contributed by atoms with Gasteiger partial charge in [-0.05, 0) is 65.5 Å². The van der Waals surface area contributed by atoms with E-state index in [4.69, 9.17) is 0 Å². The van der Waals surface area contributed by atoms with Crippen LogP contribution >= 0.6 is 15.9 Å². The molecule has 3 rings (SSSR count). The summed E-state index contributed by atoms with van der Waals surface area (Å²) in [6, 6.07) is 4.24. The molecule has 102 valence electrons. The van der Waals surface area contributed by atoms with E-state index in [-0.39, 0.29) is 11.7 Å². The number of nitrogens with one attached hydrogen (secondary N) is 1. The molecule has 1 amide bonds. The summed E-state index contributed by atoms with van der Waals surface area (Å²) in [5.41, 5.74) is 0.547. The quantitative estimate of drug-likeness (QED) is 0.858. The highest BCUT2D eigenvalue weighted by Crippen LogP contribution is 2.28. The number of benzene rings is 1. The van der Waals surface area contributed by atoms with Crippen LogP contribution in [0.4, 0.5) is 4.39 Å². The maximum Gasteiger partial charge on any atom is 0.255 e. The van der Waals surface area contributed by atoms with Crippen molar-refractivity contribution in [3.63, 3.8) is 0 Å². The molecule has 2 atom stereocenters. The third-order valence-electron chi connectivity index (χ3n) is 4.15. The molecule has 0 aliphatic carbocycles. The zero-order chi connectivity index (χ0) is 13.4. The average Bonchev–Trinajstić information content (AvgIpc) is 2.85. The van der Waals surface area contributed by atoms with Gasteiger partial charge in [0.15, 0.2) is 0 Å². The molecule has 1 aromatic carbocycles. The number of nitrogens with zero attached hydrogens (tertiary/aromatic N) is 1. The van der Waals surface area contributed by atoms with Crippen molar-refractivity contribution in [2.45, 2.75) is 6.42 Å². The van der Waals surface area contributed by atoms with Crippen molar-refractivity contribution >= 4 is 21.8 Å². The van der Waals surface area contributed by atoms with Crippen LogP contribution < -0.4 is 5.32 Å². The van der Waals surface area contributed by atoms with E-state index in [1.165, 1.54) is 12.1 Å². The van der Waals surface area contributed by atoms with Crippen LogP contribution in [0, 0.1) is 17.7 Å². The van der Waals surface area contributed by atoms with Crippen LogP contribution in [0.1, 0.15) is 16.8 Å². The summed E-state index contributed by atoms with van der Waals surface area (Å²) < 4.78 is 13.6. The lowest BCUT2D eigenvalue weighted by molar-refractivity contribution is 0.0641. The van der Waals surface area contributed by atoms with Crippen LogP contribution in [-0.2, 0) is 0 Å². The van der Waals surface area contributed by atoms with Gasteiger partial charge in [0.25, 0.3) is 5.91 Å².